The summed E-state index contributed by atoms with van der Waals surface area (Å²) in [5.41, 5.74) is 3.32. The number of hydrogen-bond donors (Lipinski definition) is 1. The number of amides is 1. The molecule has 0 radical (unpaired) electrons. The molecule has 0 spiro atoms. The lowest BCUT2D eigenvalue weighted by atomic mass is 10.2. The van der Waals surface area contributed by atoms with E-state index in [1.165, 1.54) is 0 Å². The summed E-state index contributed by atoms with van der Waals surface area (Å²) in [5.74, 6) is 0.240. The number of nitrogens with one attached hydrogen (secondary N) is 1. The Morgan fingerprint density at radius 1 is 1.32 bits per heavy atom. The Morgan fingerprint density at radius 3 is 2.73 bits per heavy atom. The van der Waals surface area contributed by atoms with Crippen molar-refractivity contribution in [1.82, 2.24) is 5.43 Å². The van der Waals surface area contributed by atoms with Gasteiger partial charge in [-0.25, -0.2) is 5.43 Å². The molecule has 2 aromatic rings. The van der Waals surface area contributed by atoms with E-state index >= 15 is 0 Å². The van der Waals surface area contributed by atoms with E-state index in [2.05, 4.69) is 26.5 Å². The van der Waals surface area contributed by atoms with Gasteiger partial charge in [-0.3, -0.25) is 4.79 Å². The van der Waals surface area contributed by atoms with Gasteiger partial charge >= 0.3 is 0 Å². The van der Waals surface area contributed by atoms with Gasteiger partial charge in [0.2, 0.25) is 0 Å². The second-order valence-electron chi connectivity index (χ2n) is 4.50. The van der Waals surface area contributed by atoms with E-state index in [1.807, 2.05) is 24.3 Å². The Kier molecular flexibility index (Phi) is 5.98. The maximum absolute atomic E-state index is 11.9. The number of halogens is 2. The van der Waals surface area contributed by atoms with Gasteiger partial charge in [-0.1, -0.05) is 39.7 Å². The first kappa shape index (κ1) is 16.5. The minimum atomic E-state index is -0.666. The normalized spacial score (nSPS) is 12.1. The smallest absolute Gasteiger partial charge is 0.280 e. The second kappa shape index (κ2) is 7.96. The molecule has 114 valence electrons. The van der Waals surface area contributed by atoms with Gasteiger partial charge in [0, 0.05) is 9.50 Å². The molecule has 0 fully saturated rings. The van der Waals surface area contributed by atoms with Gasteiger partial charge in [-0.05, 0) is 48.9 Å². The molecule has 0 aliphatic rings. The predicted octanol–water partition coefficient (Wildman–Crippen LogP) is 4.02. The van der Waals surface area contributed by atoms with E-state index in [-0.39, 0.29) is 5.91 Å². The first-order chi connectivity index (χ1) is 10.5. The molecule has 0 saturated carbocycles. The highest BCUT2D eigenvalue weighted by Gasteiger charge is 2.13. The van der Waals surface area contributed by atoms with Crippen LogP contribution in [0, 0.1) is 0 Å². The summed E-state index contributed by atoms with van der Waals surface area (Å²) in [6.07, 6.45) is 0.901. The van der Waals surface area contributed by atoms with Crippen molar-refractivity contribution in [3.63, 3.8) is 0 Å². The van der Waals surface area contributed by atoms with Crippen LogP contribution in [0.1, 0.15) is 12.5 Å². The third-order valence-electron chi connectivity index (χ3n) is 2.73. The monoisotopic (exact) mass is 380 g/mol. The molecule has 1 N–H and O–H groups in total. The third-order valence-corrected chi connectivity index (χ3v) is 3.48. The molecule has 0 aromatic heterocycles. The van der Waals surface area contributed by atoms with E-state index in [4.69, 9.17) is 16.3 Å². The first-order valence-corrected chi connectivity index (χ1v) is 7.72. The molecule has 6 heteroatoms. The van der Waals surface area contributed by atoms with Crippen LogP contribution in [-0.2, 0) is 4.79 Å². The second-order valence-corrected chi connectivity index (χ2v) is 5.86. The van der Waals surface area contributed by atoms with Gasteiger partial charge in [0.05, 0.1) is 6.21 Å². The number of hydrogen-bond acceptors (Lipinski definition) is 3. The number of hydrazone groups is 1. The molecule has 2 aromatic carbocycles. The van der Waals surface area contributed by atoms with Crippen LogP contribution in [0.15, 0.2) is 58.1 Å². The van der Waals surface area contributed by atoms with Gasteiger partial charge in [0.25, 0.3) is 5.91 Å². The lowest BCUT2D eigenvalue weighted by molar-refractivity contribution is -0.127. The van der Waals surface area contributed by atoms with Crippen LogP contribution in [0.25, 0.3) is 0 Å². The number of nitrogens with zero attached hydrogens (tertiary/aromatic N) is 1. The summed E-state index contributed by atoms with van der Waals surface area (Å²) in [7, 11) is 0. The minimum absolute atomic E-state index is 0.332. The highest BCUT2D eigenvalue weighted by atomic mass is 79.9. The number of ether oxygens (including phenoxy) is 1. The summed E-state index contributed by atoms with van der Waals surface area (Å²) < 4.78 is 6.45. The van der Waals surface area contributed by atoms with Crippen LogP contribution in [0.5, 0.6) is 5.75 Å². The standard InChI is InChI=1S/C16H14BrClN2O2/c1-11(22-15-7-5-14(18)6-8-15)16(21)20-19-10-12-3-2-4-13(17)9-12/h2-11H,1H3,(H,20,21)/b19-10-/t11-/m1/s1. The fourth-order valence-electron chi connectivity index (χ4n) is 1.62. The highest BCUT2D eigenvalue weighted by molar-refractivity contribution is 9.10. The number of carbonyl (C=O) groups excluding carboxylic acids is 1. The number of carbonyl (C=O) groups is 1. The molecule has 2 rings (SSSR count). The molecular weight excluding hydrogens is 368 g/mol. The topological polar surface area (TPSA) is 50.7 Å². The fraction of sp³-hybridized carbons (Fsp3) is 0.125. The van der Waals surface area contributed by atoms with Crippen molar-refractivity contribution < 1.29 is 9.53 Å². The summed E-state index contributed by atoms with van der Waals surface area (Å²) in [6.45, 7) is 1.65. The molecule has 0 bridgehead atoms. The van der Waals surface area contributed by atoms with Crippen LogP contribution in [0.4, 0.5) is 0 Å². The molecule has 1 amide bonds. The molecule has 0 aliphatic heterocycles. The van der Waals surface area contributed by atoms with Gasteiger partial charge in [-0.15, -0.1) is 0 Å². The molecule has 0 aliphatic carbocycles. The van der Waals surface area contributed by atoms with Crippen molar-refractivity contribution in [3.05, 3.63) is 63.6 Å². The van der Waals surface area contributed by atoms with Gasteiger partial charge in [0.15, 0.2) is 6.10 Å². The minimum Gasteiger partial charge on any atom is -0.481 e. The third kappa shape index (κ3) is 5.16. The van der Waals surface area contributed by atoms with E-state index in [9.17, 15) is 4.79 Å². The van der Waals surface area contributed by atoms with Crippen LogP contribution < -0.4 is 10.2 Å². The van der Waals surface area contributed by atoms with E-state index in [1.54, 1.807) is 37.4 Å². The first-order valence-electron chi connectivity index (χ1n) is 6.55. The summed E-state index contributed by atoms with van der Waals surface area (Å²) in [4.78, 5) is 11.9. The molecule has 0 saturated heterocycles. The highest BCUT2D eigenvalue weighted by Crippen LogP contribution is 2.16. The van der Waals surface area contributed by atoms with E-state index < -0.39 is 6.10 Å². The van der Waals surface area contributed by atoms with Crippen molar-refractivity contribution >= 4 is 39.7 Å². The lowest BCUT2D eigenvalue weighted by Crippen LogP contribution is -2.33. The van der Waals surface area contributed by atoms with Crippen LogP contribution >= 0.6 is 27.5 Å². The van der Waals surface area contributed by atoms with Gasteiger partial charge in [-0.2, -0.15) is 5.10 Å². The molecule has 4 nitrogen and oxygen atoms in total. The Hall–Kier alpha value is -1.85. The molecule has 1 atom stereocenters. The van der Waals surface area contributed by atoms with Crippen molar-refractivity contribution in [3.8, 4) is 5.75 Å². The van der Waals surface area contributed by atoms with Crippen molar-refractivity contribution in [2.75, 3.05) is 0 Å². The number of benzene rings is 2. The Balaban J connectivity index is 1.87. The Bertz CT molecular complexity index is 674. The van der Waals surface area contributed by atoms with Crippen molar-refractivity contribution in [2.24, 2.45) is 5.10 Å². The quantitative estimate of drug-likeness (QED) is 0.628. The van der Waals surface area contributed by atoms with Gasteiger partial charge < -0.3 is 4.74 Å². The number of rotatable bonds is 5. The van der Waals surface area contributed by atoms with Crippen LogP contribution in [-0.4, -0.2) is 18.2 Å². The van der Waals surface area contributed by atoms with Gasteiger partial charge in [0.1, 0.15) is 5.75 Å². The maximum atomic E-state index is 11.9. The zero-order chi connectivity index (χ0) is 15.9. The average Bonchev–Trinajstić information content (AvgIpc) is 2.49. The average molecular weight is 382 g/mol. The molecule has 0 unspecified atom stereocenters. The summed E-state index contributed by atoms with van der Waals surface area (Å²) in [5, 5.41) is 4.53. The van der Waals surface area contributed by atoms with Crippen molar-refractivity contribution in [2.45, 2.75) is 13.0 Å². The lowest BCUT2D eigenvalue weighted by Gasteiger charge is -2.12. The molecule has 22 heavy (non-hydrogen) atoms. The van der Waals surface area contributed by atoms with Crippen LogP contribution in [0.2, 0.25) is 5.02 Å². The molecular formula is C16H14BrClN2O2. The zero-order valence-electron chi connectivity index (χ0n) is 11.8. The predicted molar refractivity (Wildman–Crippen MR) is 91.4 cm³/mol. The maximum Gasteiger partial charge on any atom is 0.280 e. The Morgan fingerprint density at radius 2 is 2.05 bits per heavy atom. The SMILES string of the molecule is C[C@@H](Oc1ccc(Cl)cc1)C(=O)N/N=C\c1cccc(Br)c1. The van der Waals surface area contributed by atoms with Crippen molar-refractivity contribution in [1.29, 1.82) is 0 Å². The van der Waals surface area contributed by atoms with E-state index in [0.29, 0.717) is 10.8 Å². The largest absolute Gasteiger partial charge is 0.481 e. The van der Waals surface area contributed by atoms with E-state index in [0.717, 1.165) is 10.0 Å². The zero-order valence-corrected chi connectivity index (χ0v) is 14.1. The summed E-state index contributed by atoms with van der Waals surface area (Å²) in [6, 6.07) is 14.4. The Labute approximate surface area is 142 Å². The van der Waals surface area contributed by atoms with Crippen LogP contribution in [0.3, 0.4) is 0 Å². The fourth-order valence-corrected chi connectivity index (χ4v) is 2.16. The molecule has 0 heterocycles. The summed E-state index contributed by atoms with van der Waals surface area (Å²) >= 11 is 9.16.